The third kappa shape index (κ3) is 3.90. The summed E-state index contributed by atoms with van der Waals surface area (Å²) in [5.41, 5.74) is 0.455. The van der Waals surface area contributed by atoms with E-state index in [0.29, 0.717) is 17.6 Å². The third-order valence-corrected chi connectivity index (χ3v) is 2.07. The lowest BCUT2D eigenvalue weighted by Crippen LogP contribution is -2.05. The minimum absolute atomic E-state index is 0.276. The third-order valence-electron chi connectivity index (χ3n) is 2.07. The van der Waals surface area contributed by atoms with Gasteiger partial charge in [0.05, 0.1) is 7.11 Å². The second-order valence-corrected chi connectivity index (χ2v) is 3.33. The Morgan fingerprint density at radius 1 is 1.22 bits per heavy atom. The lowest BCUT2D eigenvalue weighted by molar-refractivity contribution is -0.129. The molecule has 0 spiro atoms. The van der Waals surface area contributed by atoms with E-state index < -0.39 is 5.97 Å². The number of allylic oxidation sites excluding steroid dienone is 3. The van der Waals surface area contributed by atoms with Crippen molar-refractivity contribution in [2.24, 2.45) is 0 Å². The summed E-state index contributed by atoms with van der Waals surface area (Å²) in [4.78, 5) is 22.0. The summed E-state index contributed by atoms with van der Waals surface area (Å²) in [7, 11) is 1.44. The predicted molar refractivity (Wildman–Crippen MR) is 68.0 cm³/mol. The van der Waals surface area contributed by atoms with Gasteiger partial charge in [-0.15, -0.1) is 0 Å². The Morgan fingerprint density at radius 2 is 2.00 bits per heavy atom. The highest BCUT2D eigenvalue weighted by molar-refractivity contribution is 5.85. The number of methoxy groups -OCH3 is 1. The lowest BCUT2D eigenvalue weighted by Gasteiger charge is -2.07. The van der Waals surface area contributed by atoms with Gasteiger partial charge in [0.15, 0.2) is 11.5 Å². The summed E-state index contributed by atoms with van der Waals surface area (Å²) in [5, 5.41) is 0. The fourth-order valence-electron chi connectivity index (χ4n) is 1.23. The van der Waals surface area contributed by atoms with Crippen molar-refractivity contribution < 1.29 is 19.1 Å². The van der Waals surface area contributed by atoms with Crippen molar-refractivity contribution in [3.05, 3.63) is 48.1 Å². The fraction of sp³-hybridized carbons (Fsp3) is 0.143. The van der Waals surface area contributed by atoms with Gasteiger partial charge in [-0.3, -0.25) is 4.79 Å². The van der Waals surface area contributed by atoms with Gasteiger partial charge in [0.2, 0.25) is 0 Å². The van der Waals surface area contributed by atoms with Crippen LogP contribution in [0, 0.1) is 0 Å². The maximum absolute atomic E-state index is 11.4. The number of carbonyl (C=O) groups excluding carboxylic acids is 2. The number of hydrogen-bond donors (Lipinski definition) is 0. The smallest absolute Gasteiger partial charge is 0.336 e. The van der Waals surface area contributed by atoms with Crippen LogP contribution < -0.4 is 9.47 Å². The van der Waals surface area contributed by atoms with E-state index in [-0.39, 0.29) is 5.75 Å². The minimum atomic E-state index is -0.509. The molecule has 94 valence electrons. The van der Waals surface area contributed by atoms with Crippen LogP contribution in [-0.2, 0) is 4.79 Å². The first kappa shape index (κ1) is 13.7. The predicted octanol–water partition coefficient (Wildman–Crippen LogP) is 2.55. The Balaban J connectivity index is 2.83. The van der Waals surface area contributed by atoms with Crippen LogP contribution >= 0.6 is 0 Å². The Morgan fingerprint density at radius 3 is 2.61 bits per heavy atom. The molecule has 0 atom stereocenters. The molecule has 4 nitrogen and oxygen atoms in total. The first-order valence-corrected chi connectivity index (χ1v) is 5.35. The van der Waals surface area contributed by atoms with E-state index in [1.807, 2.05) is 6.92 Å². The van der Waals surface area contributed by atoms with Crippen molar-refractivity contribution in [3.63, 3.8) is 0 Å². The van der Waals surface area contributed by atoms with Gasteiger partial charge in [-0.25, -0.2) is 4.79 Å². The zero-order chi connectivity index (χ0) is 13.4. The molecule has 0 N–H and O–H groups in total. The van der Waals surface area contributed by atoms with Crippen molar-refractivity contribution in [3.8, 4) is 11.5 Å². The van der Waals surface area contributed by atoms with Gasteiger partial charge in [-0.2, -0.15) is 0 Å². The maximum Gasteiger partial charge on any atom is 0.336 e. The van der Waals surface area contributed by atoms with E-state index in [1.54, 1.807) is 24.3 Å². The van der Waals surface area contributed by atoms with Crippen LogP contribution in [0.1, 0.15) is 17.3 Å². The van der Waals surface area contributed by atoms with Crippen molar-refractivity contribution in [1.82, 2.24) is 0 Å². The zero-order valence-electron chi connectivity index (χ0n) is 10.3. The standard InChI is InChI=1S/C14H14O4/c1-3-4-5-6-14(16)18-12-8-7-11(10-15)9-13(12)17-2/h3-10H,1-2H3/b4-3+,6-5+. The molecule has 0 aliphatic carbocycles. The molecule has 4 heteroatoms. The minimum Gasteiger partial charge on any atom is -0.493 e. The van der Waals surface area contributed by atoms with Crippen LogP contribution in [0.4, 0.5) is 0 Å². The van der Waals surface area contributed by atoms with Crippen molar-refractivity contribution >= 4 is 12.3 Å². The summed E-state index contributed by atoms with van der Waals surface area (Å²) in [6, 6.07) is 4.57. The van der Waals surface area contributed by atoms with Crippen LogP contribution in [0.15, 0.2) is 42.5 Å². The summed E-state index contributed by atoms with van der Waals surface area (Å²) in [5.74, 6) is 0.107. The molecule has 1 aromatic carbocycles. The highest BCUT2D eigenvalue weighted by Gasteiger charge is 2.08. The van der Waals surface area contributed by atoms with E-state index in [9.17, 15) is 9.59 Å². The second kappa shape index (κ2) is 7.06. The number of aldehydes is 1. The average molecular weight is 246 g/mol. The molecule has 0 unspecified atom stereocenters. The highest BCUT2D eigenvalue weighted by atomic mass is 16.6. The van der Waals surface area contributed by atoms with E-state index in [2.05, 4.69) is 0 Å². The monoisotopic (exact) mass is 246 g/mol. The quantitative estimate of drug-likeness (QED) is 0.263. The van der Waals surface area contributed by atoms with Gasteiger partial charge in [-0.1, -0.05) is 18.2 Å². The SMILES string of the molecule is C/C=C/C=C/C(=O)Oc1ccc(C=O)cc1OC. The van der Waals surface area contributed by atoms with Gasteiger partial charge in [0.1, 0.15) is 6.29 Å². The van der Waals surface area contributed by atoms with Gasteiger partial charge in [0, 0.05) is 11.6 Å². The maximum atomic E-state index is 11.4. The molecule has 0 aromatic heterocycles. The number of esters is 1. The van der Waals surface area contributed by atoms with Crippen molar-refractivity contribution in [1.29, 1.82) is 0 Å². The van der Waals surface area contributed by atoms with Crippen molar-refractivity contribution in [2.75, 3.05) is 7.11 Å². The topological polar surface area (TPSA) is 52.6 Å². The summed E-state index contributed by atoms with van der Waals surface area (Å²) in [6.45, 7) is 1.84. The van der Waals surface area contributed by atoms with Crippen LogP contribution in [-0.4, -0.2) is 19.4 Å². The van der Waals surface area contributed by atoms with Crippen LogP contribution in [0.3, 0.4) is 0 Å². The number of hydrogen-bond acceptors (Lipinski definition) is 4. The lowest BCUT2D eigenvalue weighted by atomic mass is 10.2. The molecule has 0 aliphatic heterocycles. The summed E-state index contributed by atoms with van der Waals surface area (Å²) in [6.07, 6.45) is 7.08. The van der Waals surface area contributed by atoms with Crippen LogP contribution in [0.2, 0.25) is 0 Å². The Bertz CT molecular complexity index is 487. The van der Waals surface area contributed by atoms with Crippen LogP contribution in [0.25, 0.3) is 0 Å². The van der Waals surface area contributed by atoms with E-state index in [4.69, 9.17) is 9.47 Å². The number of benzene rings is 1. The van der Waals surface area contributed by atoms with Crippen LogP contribution in [0.5, 0.6) is 11.5 Å². The number of rotatable bonds is 5. The molecule has 0 saturated carbocycles. The normalized spacial score (nSPS) is 10.8. The van der Waals surface area contributed by atoms with Crippen molar-refractivity contribution in [2.45, 2.75) is 6.92 Å². The first-order chi connectivity index (χ1) is 8.71. The molecule has 0 aliphatic rings. The van der Waals surface area contributed by atoms with Gasteiger partial charge < -0.3 is 9.47 Å². The molecule has 0 fully saturated rings. The fourth-order valence-corrected chi connectivity index (χ4v) is 1.23. The zero-order valence-corrected chi connectivity index (χ0v) is 10.3. The van der Waals surface area contributed by atoms with E-state index in [0.717, 1.165) is 0 Å². The Kier molecular flexibility index (Phi) is 5.38. The molecule has 0 radical (unpaired) electrons. The Hall–Kier alpha value is -2.36. The Labute approximate surface area is 106 Å². The molecule has 0 bridgehead atoms. The molecule has 0 saturated heterocycles. The molecule has 0 heterocycles. The largest absolute Gasteiger partial charge is 0.493 e. The number of ether oxygens (including phenoxy) is 2. The molecule has 1 rings (SSSR count). The number of carbonyl (C=O) groups is 2. The molecular weight excluding hydrogens is 232 g/mol. The summed E-state index contributed by atoms with van der Waals surface area (Å²) >= 11 is 0. The van der Waals surface area contributed by atoms with E-state index >= 15 is 0 Å². The molecular formula is C14H14O4. The molecule has 18 heavy (non-hydrogen) atoms. The van der Waals surface area contributed by atoms with Gasteiger partial charge >= 0.3 is 5.97 Å². The van der Waals surface area contributed by atoms with Gasteiger partial charge in [0.25, 0.3) is 0 Å². The summed E-state index contributed by atoms with van der Waals surface area (Å²) < 4.78 is 10.1. The first-order valence-electron chi connectivity index (χ1n) is 5.35. The second-order valence-electron chi connectivity index (χ2n) is 3.33. The van der Waals surface area contributed by atoms with E-state index in [1.165, 1.54) is 25.3 Å². The molecule has 0 amide bonds. The molecule has 1 aromatic rings. The highest BCUT2D eigenvalue weighted by Crippen LogP contribution is 2.27. The van der Waals surface area contributed by atoms with Gasteiger partial charge in [-0.05, 0) is 25.1 Å². The average Bonchev–Trinajstić information content (AvgIpc) is 2.39.